The van der Waals surface area contributed by atoms with Gasteiger partial charge in [0.05, 0.1) is 5.69 Å². The number of imidazole rings is 1. The van der Waals surface area contributed by atoms with Crippen LogP contribution < -0.4 is 5.32 Å². The number of nitrogens with one attached hydrogen (secondary N) is 1. The summed E-state index contributed by atoms with van der Waals surface area (Å²) in [6.45, 7) is 2.04. The minimum atomic E-state index is -0.837. The molecule has 4 rings (SSSR count). The number of halogens is 1. The van der Waals surface area contributed by atoms with Crippen LogP contribution in [0.5, 0.6) is 0 Å². The number of hydrogen-bond acceptors (Lipinski definition) is 3. The number of aliphatic hydroxyl groups is 1. The van der Waals surface area contributed by atoms with Crippen molar-refractivity contribution >= 4 is 23.1 Å². The predicted molar refractivity (Wildman–Crippen MR) is 110 cm³/mol. The molecule has 0 aliphatic rings. The number of aryl methyl sites for hydroxylation is 1. The Morgan fingerprint density at radius 1 is 1.04 bits per heavy atom. The highest BCUT2D eigenvalue weighted by molar-refractivity contribution is 6.30. The summed E-state index contributed by atoms with van der Waals surface area (Å²) in [6.07, 6.45) is 1.77. The monoisotopic (exact) mass is 377 g/mol. The van der Waals surface area contributed by atoms with Crippen LogP contribution in [-0.2, 0) is 6.42 Å². The molecule has 0 spiro atoms. The highest BCUT2D eigenvalue weighted by Crippen LogP contribution is 2.26. The summed E-state index contributed by atoms with van der Waals surface area (Å²) >= 11 is 6.07. The first-order valence-electron chi connectivity index (χ1n) is 8.92. The lowest BCUT2D eigenvalue weighted by Gasteiger charge is -2.16. The smallest absolute Gasteiger partial charge is 0.151 e. The molecule has 2 N–H and O–H groups in total. The average molecular weight is 378 g/mol. The molecule has 0 fully saturated rings. The zero-order valence-corrected chi connectivity index (χ0v) is 15.7. The van der Waals surface area contributed by atoms with E-state index in [0.717, 1.165) is 40.3 Å². The van der Waals surface area contributed by atoms with Gasteiger partial charge in [0, 0.05) is 22.8 Å². The van der Waals surface area contributed by atoms with Crippen LogP contribution in [0.2, 0.25) is 5.02 Å². The molecule has 0 bridgehead atoms. The van der Waals surface area contributed by atoms with Gasteiger partial charge in [-0.15, -0.1) is 0 Å². The lowest BCUT2D eigenvalue weighted by atomic mass is 10.0. The van der Waals surface area contributed by atoms with Crippen LogP contribution in [-0.4, -0.2) is 14.5 Å². The van der Waals surface area contributed by atoms with Crippen LogP contribution in [0, 0.1) is 0 Å². The molecule has 0 saturated carbocycles. The van der Waals surface area contributed by atoms with E-state index < -0.39 is 6.23 Å². The van der Waals surface area contributed by atoms with E-state index in [1.807, 2.05) is 72.1 Å². The molecule has 0 radical (unpaired) electrons. The molecule has 1 unspecified atom stereocenters. The first-order valence-corrected chi connectivity index (χ1v) is 9.30. The number of pyridine rings is 1. The standard InChI is InChI=1S/C22H20ClN3O/c1-2-19-21(26-13-12-18(23)14-20(26)24-19)25-22(27)17-10-8-16(9-11-17)15-6-4-3-5-7-15/h3-14,22,25,27H,2H2,1H3. The van der Waals surface area contributed by atoms with E-state index in [1.165, 1.54) is 0 Å². The largest absolute Gasteiger partial charge is 0.369 e. The third-order valence-corrected chi connectivity index (χ3v) is 4.84. The molecule has 0 aliphatic heterocycles. The Balaban J connectivity index is 1.61. The number of hydrogen-bond donors (Lipinski definition) is 2. The van der Waals surface area contributed by atoms with E-state index in [4.69, 9.17) is 11.6 Å². The number of anilines is 1. The lowest BCUT2D eigenvalue weighted by molar-refractivity contribution is 0.207. The van der Waals surface area contributed by atoms with Crippen LogP contribution in [0.25, 0.3) is 16.8 Å². The number of aliphatic hydroxyl groups excluding tert-OH is 1. The molecular weight excluding hydrogens is 358 g/mol. The zero-order valence-electron chi connectivity index (χ0n) is 14.9. The maximum absolute atomic E-state index is 10.7. The van der Waals surface area contributed by atoms with Crippen molar-refractivity contribution in [1.29, 1.82) is 0 Å². The lowest BCUT2D eigenvalue weighted by Crippen LogP contribution is -2.12. The van der Waals surface area contributed by atoms with Gasteiger partial charge in [0.2, 0.25) is 0 Å². The number of nitrogens with zero attached hydrogens (tertiary/aromatic N) is 2. The highest BCUT2D eigenvalue weighted by Gasteiger charge is 2.15. The molecule has 2 aromatic heterocycles. The Bertz CT molecular complexity index is 1060. The molecule has 4 nitrogen and oxygen atoms in total. The quantitative estimate of drug-likeness (QED) is 0.463. The van der Waals surface area contributed by atoms with Gasteiger partial charge >= 0.3 is 0 Å². The van der Waals surface area contributed by atoms with Gasteiger partial charge in [0.25, 0.3) is 0 Å². The minimum Gasteiger partial charge on any atom is -0.369 e. The number of aromatic nitrogens is 2. The topological polar surface area (TPSA) is 49.6 Å². The van der Waals surface area contributed by atoms with Crippen molar-refractivity contribution in [2.75, 3.05) is 5.32 Å². The molecule has 2 aromatic carbocycles. The van der Waals surface area contributed by atoms with Crippen molar-refractivity contribution in [1.82, 2.24) is 9.38 Å². The van der Waals surface area contributed by atoms with Gasteiger partial charge < -0.3 is 10.4 Å². The van der Waals surface area contributed by atoms with E-state index in [2.05, 4.69) is 22.4 Å². The van der Waals surface area contributed by atoms with E-state index >= 15 is 0 Å². The fraction of sp³-hybridized carbons (Fsp3) is 0.136. The van der Waals surface area contributed by atoms with Crippen molar-refractivity contribution in [2.24, 2.45) is 0 Å². The van der Waals surface area contributed by atoms with E-state index in [9.17, 15) is 5.11 Å². The zero-order chi connectivity index (χ0) is 18.8. The predicted octanol–water partition coefficient (Wildman–Crippen LogP) is 5.32. The van der Waals surface area contributed by atoms with Gasteiger partial charge in [-0.3, -0.25) is 4.40 Å². The first kappa shape index (κ1) is 17.6. The Morgan fingerprint density at radius 2 is 1.74 bits per heavy atom. The van der Waals surface area contributed by atoms with Gasteiger partial charge in [-0.2, -0.15) is 0 Å². The summed E-state index contributed by atoms with van der Waals surface area (Å²) in [5.74, 6) is 0.781. The minimum absolute atomic E-state index is 0.638. The Morgan fingerprint density at radius 3 is 2.44 bits per heavy atom. The van der Waals surface area contributed by atoms with Gasteiger partial charge in [-0.05, 0) is 23.6 Å². The molecule has 27 heavy (non-hydrogen) atoms. The summed E-state index contributed by atoms with van der Waals surface area (Å²) < 4.78 is 1.91. The molecule has 4 aromatic rings. The van der Waals surface area contributed by atoms with Gasteiger partial charge in [-0.1, -0.05) is 73.1 Å². The second-order valence-corrected chi connectivity index (χ2v) is 6.81. The Hall–Kier alpha value is -2.82. The summed E-state index contributed by atoms with van der Waals surface area (Å²) in [5, 5.41) is 14.5. The third kappa shape index (κ3) is 3.54. The van der Waals surface area contributed by atoms with E-state index in [1.54, 1.807) is 0 Å². The molecule has 1 atom stereocenters. The highest BCUT2D eigenvalue weighted by atomic mass is 35.5. The normalized spacial score (nSPS) is 12.3. The van der Waals surface area contributed by atoms with Crippen LogP contribution in [0.1, 0.15) is 24.4 Å². The summed E-state index contributed by atoms with van der Waals surface area (Å²) in [5.41, 5.74) is 4.70. The second-order valence-electron chi connectivity index (χ2n) is 6.37. The Labute approximate surface area is 163 Å². The number of benzene rings is 2. The fourth-order valence-corrected chi connectivity index (χ4v) is 3.32. The van der Waals surface area contributed by atoms with Gasteiger partial charge in [0.15, 0.2) is 6.23 Å². The molecule has 0 amide bonds. The van der Waals surface area contributed by atoms with Crippen molar-refractivity contribution < 1.29 is 5.11 Å². The van der Waals surface area contributed by atoms with Gasteiger partial charge in [0.1, 0.15) is 11.5 Å². The van der Waals surface area contributed by atoms with E-state index in [-0.39, 0.29) is 0 Å². The maximum Gasteiger partial charge on any atom is 0.151 e. The number of fused-ring (bicyclic) bond motifs is 1. The molecule has 2 heterocycles. The molecule has 0 saturated heterocycles. The van der Waals surface area contributed by atoms with E-state index in [0.29, 0.717) is 5.02 Å². The second kappa shape index (κ2) is 7.43. The van der Waals surface area contributed by atoms with Crippen molar-refractivity contribution in [3.63, 3.8) is 0 Å². The maximum atomic E-state index is 10.7. The van der Waals surface area contributed by atoms with Gasteiger partial charge in [-0.25, -0.2) is 4.98 Å². The van der Waals surface area contributed by atoms with Crippen LogP contribution in [0.4, 0.5) is 5.82 Å². The molecular formula is C22H20ClN3O. The average Bonchev–Trinajstić information content (AvgIpc) is 3.05. The fourth-order valence-electron chi connectivity index (χ4n) is 3.17. The SMILES string of the molecule is CCc1nc2cc(Cl)ccn2c1NC(O)c1ccc(-c2ccccc2)cc1. The van der Waals surface area contributed by atoms with Crippen LogP contribution in [0.3, 0.4) is 0 Å². The molecule has 0 aliphatic carbocycles. The molecule has 136 valence electrons. The van der Waals surface area contributed by atoms with Crippen LogP contribution in [0.15, 0.2) is 72.9 Å². The summed E-state index contributed by atoms with van der Waals surface area (Å²) in [6, 6.07) is 21.7. The third-order valence-electron chi connectivity index (χ3n) is 4.60. The van der Waals surface area contributed by atoms with Crippen LogP contribution >= 0.6 is 11.6 Å². The molecule has 5 heteroatoms. The number of rotatable bonds is 5. The summed E-state index contributed by atoms with van der Waals surface area (Å²) in [4.78, 5) is 4.60. The Kier molecular flexibility index (Phi) is 4.84. The van der Waals surface area contributed by atoms with Crippen molar-refractivity contribution in [2.45, 2.75) is 19.6 Å². The first-order chi connectivity index (χ1) is 13.2. The summed E-state index contributed by atoms with van der Waals surface area (Å²) in [7, 11) is 0. The van der Waals surface area contributed by atoms with Crippen molar-refractivity contribution in [3.05, 3.63) is 89.2 Å². The van der Waals surface area contributed by atoms with Crippen molar-refractivity contribution in [3.8, 4) is 11.1 Å².